The Bertz CT molecular complexity index is 1090. The number of nitrogens with zero attached hydrogens (tertiary/aromatic N) is 4. The lowest BCUT2D eigenvalue weighted by Gasteiger charge is -2.09. The Morgan fingerprint density at radius 1 is 0.920 bits per heavy atom. The topological polar surface area (TPSA) is 77.6 Å². The molecule has 0 aliphatic heterocycles. The van der Waals surface area contributed by atoms with Crippen molar-refractivity contribution in [2.24, 2.45) is 0 Å². The predicted octanol–water partition coefficient (Wildman–Crippen LogP) is 4.75. The summed E-state index contributed by atoms with van der Waals surface area (Å²) in [5.74, 6) is 0.214. The summed E-state index contributed by atoms with van der Waals surface area (Å²) in [5, 5.41) is 0.506. The summed E-state index contributed by atoms with van der Waals surface area (Å²) in [5.41, 5.74) is 10.3. The van der Waals surface area contributed by atoms with Crippen LogP contribution in [0.25, 0.3) is 33.5 Å². The first-order chi connectivity index (χ1) is 12.1. The van der Waals surface area contributed by atoms with Crippen LogP contribution in [-0.4, -0.2) is 19.9 Å². The maximum absolute atomic E-state index is 6.36. The third-order valence-corrected chi connectivity index (χ3v) is 4.94. The summed E-state index contributed by atoms with van der Waals surface area (Å²) in [7, 11) is 0. The van der Waals surface area contributed by atoms with Gasteiger partial charge in [0.05, 0.1) is 16.2 Å². The number of pyridine rings is 2. The second kappa shape index (κ2) is 6.38. The van der Waals surface area contributed by atoms with Crippen molar-refractivity contribution in [3.63, 3.8) is 0 Å². The van der Waals surface area contributed by atoms with Gasteiger partial charge in [0.25, 0.3) is 0 Å². The molecule has 2 N–H and O–H groups in total. The summed E-state index contributed by atoms with van der Waals surface area (Å²) in [6.07, 6.45) is 1.68. The van der Waals surface area contributed by atoms with Crippen LogP contribution in [0.5, 0.6) is 0 Å². The minimum absolute atomic E-state index is 0.214. The highest BCUT2D eigenvalue weighted by molar-refractivity contribution is 9.10. The molecule has 0 fully saturated rings. The fourth-order valence-electron chi connectivity index (χ4n) is 2.60. The number of hydrogen-bond donors (Lipinski definition) is 1. The fourth-order valence-corrected chi connectivity index (χ4v) is 3.14. The number of nitrogens with two attached hydrogens (primary N) is 1. The third kappa shape index (κ3) is 2.94. The summed E-state index contributed by atoms with van der Waals surface area (Å²) in [6, 6.07) is 15.3. The Morgan fingerprint density at radius 3 is 2.52 bits per heavy atom. The Hall–Kier alpha value is -2.57. The number of aromatic nitrogens is 4. The maximum atomic E-state index is 6.36. The van der Waals surface area contributed by atoms with Crippen LogP contribution in [0, 0.1) is 0 Å². The van der Waals surface area contributed by atoms with E-state index in [0.717, 1.165) is 11.1 Å². The summed E-state index contributed by atoms with van der Waals surface area (Å²) in [6.45, 7) is 0. The van der Waals surface area contributed by atoms with E-state index in [1.165, 1.54) is 0 Å². The normalized spacial score (nSPS) is 11.0. The van der Waals surface area contributed by atoms with E-state index in [0.29, 0.717) is 32.0 Å². The zero-order chi connectivity index (χ0) is 17.4. The van der Waals surface area contributed by atoms with Crippen molar-refractivity contribution in [1.29, 1.82) is 0 Å². The van der Waals surface area contributed by atoms with E-state index in [4.69, 9.17) is 22.3 Å². The summed E-state index contributed by atoms with van der Waals surface area (Å²) < 4.78 is 0.574. The van der Waals surface area contributed by atoms with E-state index in [1.54, 1.807) is 6.20 Å². The first-order valence-electron chi connectivity index (χ1n) is 7.43. The van der Waals surface area contributed by atoms with Crippen LogP contribution in [-0.2, 0) is 0 Å². The van der Waals surface area contributed by atoms with Gasteiger partial charge in [0.15, 0.2) is 0 Å². The van der Waals surface area contributed by atoms with Crippen LogP contribution in [0.3, 0.4) is 0 Å². The highest BCUT2D eigenvalue weighted by Crippen LogP contribution is 2.33. The highest BCUT2D eigenvalue weighted by atomic mass is 79.9. The number of fused-ring (bicyclic) bond motifs is 1. The Morgan fingerprint density at radius 2 is 1.72 bits per heavy atom. The molecule has 0 spiro atoms. The predicted molar refractivity (Wildman–Crippen MR) is 103 cm³/mol. The second-order valence-corrected chi connectivity index (χ2v) is 6.45. The molecule has 0 radical (unpaired) electrons. The number of benzene rings is 1. The highest BCUT2D eigenvalue weighted by Gasteiger charge is 2.14. The molecule has 4 rings (SSSR count). The Balaban J connectivity index is 1.99. The van der Waals surface area contributed by atoms with Gasteiger partial charge in [-0.1, -0.05) is 41.9 Å². The zero-order valence-corrected chi connectivity index (χ0v) is 15.2. The van der Waals surface area contributed by atoms with Crippen molar-refractivity contribution < 1.29 is 0 Å². The molecule has 25 heavy (non-hydrogen) atoms. The van der Waals surface area contributed by atoms with Crippen molar-refractivity contribution in [2.45, 2.75) is 0 Å². The van der Waals surface area contributed by atoms with Crippen LogP contribution in [0.2, 0.25) is 5.02 Å². The standard InChI is InChI=1S/C18H11BrClN5/c19-17-14(20)11(8-9-22-17)12-6-7-13-16(23-12)15(25-18(21)24-13)10-4-2-1-3-5-10/h1-9H,(H2,21,24,25). The van der Waals surface area contributed by atoms with Gasteiger partial charge in [0.1, 0.15) is 15.8 Å². The van der Waals surface area contributed by atoms with E-state index < -0.39 is 0 Å². The van der Waals surface area contributed by atoms with E-state index in [1.807, 2.05) is 48.5 Å². The van der Waals surface area contributed by atoms with Crippen LogP contribution in [0.15, 0.2) is 59.3 Å². The molecule has 5 nitrogen and oxygen atoms in total. The summed E-state index contributed by atoms with van der Waals surface area (Å²) in [4.78, 5) is 17.6. The lowest BCUT2D eigenvalue weighted by molar-refractivity contribution is 1.21. The Kier molecular flexibility index (Phi) is 4.07. The maximum Gasteiger partial charge on any atom is 0.221 e. The first-order valence-corrected chi connectivity index (χ1v) is 8.60. The van der Waals surface area contributed by atoms with E-state index in [-0.39, 0.29) is 5.95 Å². The van der Waals surface area contributed by atoms with Gasteiger partial charge in [-0.2, -0.15) is 0 Å². The molecule has 0 saturated carbocycles. The molecule has 0 bridgehead atoms. The molecule has 0 aliphatic carbocycles. The number of halogens is 2. The number of rotatable bonds is 2. The lowest BCUT2D eigenvalue weighted by atomic mass is 10.1. The Labute approximate surface area is 157 Å². The lowest BCUT2D eigenvalue weighted by Crippen LogP contribution is -2.00. The van der Waals surface area contributed by atoms with Crippen LogP contribution in [0.1, 0.15) is 0 Å². The van der Waals surface area contributed by atoms with Gasteiger partial charge in [-0.05, 0) is 34.1 Å². The van der Waals surface area contributed by atoms with Gasteiger partial charge in [-0.15, -0.1) is 0 Å². The van der Waals surface area contributed by atoms with Gasteiger partial charge in [-0.3, -0.25) is 0 Å². The monoisotopic (exact) mass is 411 g/mol. The van der Waals surface area contributed by atoms with E-state index >= 15 is 0 Å². The minimum Gasteiger partial charge on any atom is -0.368 e. The van der Waals surface area contributed by atoms with Gasteiger partial charge >= 0.3 is 0 Å². The van der Waals surface area contributed by atoms with Gasteiger partial charge in [0.2, 0.25) is 5.95 Å². The number of nitrogen functional groups attached to an aromatic ring is 1. The largest absolute Gasteiger partial charge is 0.368 e. The average molecular weight is 413 g/mol. The van der Waals surface area contributed by atoms with Crippen LogP contribution < -0.4 is 5.73 Å². The molecule has 1 aromatic carbocycles. The van der Waals surface area contributed by atoms with Crippen molar-refractivity contribution in [3.05, 3.63) is 64.4 Å². The van der Waals surface area contributed by atoms with Gasteiger partial charge in [0, 0.05) is 17.3 Å². The number of hydrogen-bond acceptors (Lipinski definition) is 5. The molecule has 0 amide bonds. The van der Waals surface area contributed by atoms with Gasteiger partial charge < -0.3 is 5.73 Å². The minimum atomic E-state index is 0.214. The molecular weight excluding hydrogens is 402 g/mol. The molecule has 0 saturated heterocycles. The molecule has 4 aromatic rings. The third-order valence-electron chi connectivity index (χ3n) is 3.73. The molecule has 3 heterocycles. The van der Waals surface area contributed by atoms with Gasteiger partial charge in [-0.25, -0.2) is 19.9 Å². The quantitative estimate of drug-likeness (QED) is 0.481. The smallest absolute Gasteiger partial charge is 0.221 e. The van der Waals surface area contributed by atoms with Crippen LogP contribution >= 0.6 is 27.5 Å². The van der Waals surface area contributed by atoms with Crippen LogP contribution in [0.4, 0.5) is 5.95 Å². The molecule has 0 aliphatic rings. The van der Waals surface area contributed by atoms with Crippen molar-refractivity contribution in [3.8, 4) is 22.5 Å². The molecular formula is C18H11BrClN5. The molecule has 0 unspecified atom stereocenters. The molecule has 3 aromatic heterocycles. The summed E-state index contributed by atoms with van der Waals surface area (Å²) >= 11 is 9.70. The van der Waals surface area contributed by atoms with E-state index in [9.17, 15) is 0 Å². The van der Waals surface area contributed by atoms with Crippen molar-refractivity contribution in [2.75, 3.05) is 5.73 Å². The first kappa shape index (κ1) is 15.9. The van der Waals surface area contributed by atoms with Crippen molar-refractivity contribution >= 4 is 44.5 Å². The molecule has 7 heteroatoms. The average Bonchev–Trinajstić information content (AvgIpc) is 2.64. The van der Waals surface area contributed by atoms with Crippen molar-refractivity contribution in [1.82, 2.24) is 19.9 Å². The fraction of sp³-hybridized carbons (Fsp3) is 0. The number of anilines is 1. The van der Waals surface area contributed by atoms with E-state index in [2.05, 4.69) is 30.9 Å². The second-order valence-electron chi connectivity index (χ2n) is 5.32. The molecule has 0 atom stereocenters. The zero-order valence-electron chi connectivity index (χ0n) is 12.8. The molecule has 122 valence electrons. The SMILES string of the molecule is Nc1nc(-c2ccccc2)c2nc(-c3ccnc(Br)c3Cl)ccc2n1.